The van der Waals surface area contributed by atoms with Crippen LogP contribution < -0.4 is 4.90 Å². The van der Waals surface area contributed by atoms with E-state index < -0.39 is 0 Å². The van der Waals surface area contributed by atoms with E-state index in [-0.39, 0.29) is 0 Å². The van der Waals surface area contributed by atoms with E-state index in [0.717, 1.165) is 25.0 Å². The lowest BCUT2D eigenvalue weighted by Crippen LogP contribution is -2.21. The minimum atomic E-state index is 0.770. The van der Waals surface area contributed by atoms with Gasteiger partial charge >= 0.3 is 0 Å². The highest BCUT2D eigenvalue weighted by Crippen LogP contribution is 2.32. The van der Waals surface area contributed by atoms with Gasteiger partial charge in [0.25, 0.3) is 0 Å². The van der Waals surface area contributed by atoms with Crippen LogP contribution in [0, 0.1) is 18.8 Å². The lowest BCUT2D eigenvalue weighted by Gasteiger charge is -2.19. The van der Waals surface area contributed by atoms with Crippen molar-refractivity contribution in [3.8, 4) is 0 Å². The summed E-state index contributed by atoms with van der Waals surface area (Å²) in [7, 11) is 0. The van der Waals surface area contributed by atoms with Crippen LogP contribution in [0.2, 0.25) is 0 Å². The van der Waals surface area contributed by atoms with Crippen LogP contribution in [-0.2, 0) is 4.74 Å². The zero-order valence-corrected chi connectivity index (χ0v) is 9.15. The molecule has 2 heteroatoms. The maximum absolute atomic E-state index is 5.49. The monoisotopic (exact) mass is 203 g/mol. The Bertz CT molecular complexity index is 334. The molecule has 0 saturated carbocycles. The fraction of sp³-hybridized carbons (Fsp3) is 0.538. The minimum Gasteiger partial charge on any atom is -0.381 e. The number of anilines is 1. The first-order valence-corrected chi connectivity index (χ1v) is 5.72. The van der Waals surface area contributed by atoms with Gasteiger partial charge < -0.3 is 9.64 Å². The molecule has 0 aliphatic carbocycles. The average Bonchev–Trinajstić information content (AvgIpc) is 2.78. The highest BCUT2D eigenvalue weighted by Gasteiger charge is 2.36. The van der Waals surface area contributed by atoms with Gasteiger partial charge in [-0.1, -0.05) is 17.7 Å². The van der Waals surface area contributed by atoms with Crippen molar-refractivity contribution in [1.82, 2.24) is 0 Å². The summed E-state index contributed by atoms with van der Waals surface area (Å²) in [6.07, 6.45) is 0. The smallest absolute Gasteiger partial charge is 0.0515 e. The van der Waals surface area contributed by atoms with Crippen molar-refractivity contribution < 1.29 is 4.74 Å². The summed E-state index contributed by atoms with van der Waals surface area (Å²) in [6, 6.07) is 8.86. The van der Waals surface area contributed by atoms with E-state index in [1.165, 1.54) is 24.3 Å². The lowest BCUT2D eigenvalue weighted by atomic mass is 10.0. The third-order valence-electron chi connectivity index (χ3n) is 3.64. The predicted octanol–water partition coefficient (Wildman–Crippen LogP) is 2.08. The number of hydrogen-bond donors (Lipinski definition) is 0. The number of aryl methyl sites for hydroxylation is 1. The fourth-order valence-electron chi connectivity index (χ4n) is 2.65. The number of fused-ring (bicyclic) bond motifs is 1. The molecular formula is C13H17NO. The van der Waals surface area contributed by atoms with Crippen LogP contribution in [0.5, 0.6) is 0 Å². The molecule has 0 spiro atoms. The largest absolute Gasteiger partial charge is 0.381 e. The predicted molar refractivity (Wildman–Crippen MR) is 61.2 cm³/mol. The zero-order chi connectivity index (χ0) is 10.3. The summed E-state index contributed by atoms with van der Waals surface area (Å²) in [6.45, 7) is 6.41. The van der Waals surface area contributed by atoms with E-state index in [9.17, 15) is 0 Å². The van der Waals surface area contributed by atoms with Gasteiger partial charge in [-0.15, -0.1) is 0 Å². The topological polar surface area (TPSA) is 12.5 Å². The van der Waals surface area contributed by atoms with Gasteiger partial charge in [-0.2, -0.15) is 0 Å². The molecule has 1 aromatic carbocycles. The van der Waals surface area contributed by atoms with Gasteiger partial charge in [0.2, 0.25) is 0 Å². The van der Waals surface area contributed by atoms with E-state index in [0.29, 0.717) is 0 Å². The van der Waals surface area contributed by atoms with E-state index in [1.807, 2.05) is 0 Å². The number of benzene rings is 1. The van der Waals surface area contributed by atoms with Crippen molar-refractivity contribution >= 4 is 5.69 Å². The first kappa shape index (κ1) is 9.22. The van der Waals surface area contributed by atoms with E-state index in [2.05, 4.69) is 36.1 Å². The van der Waals surface area contributed by atoms with Crippen LogP contribution in [0.3, 0.4) is 0 Å². The minimum absolute atomic E-state index is 0.770. The Hall–Kier alpha value is -1.02. The Morgan fingerprint density at radius 2 is 1.67 bits per heavy atom. The standard InChI is InChI=1S/C13H17NO/c1-10-2-4-13(5-3-10)14-6-11-8-15-9-12(11)7-14/h2-5,11-12H,6-9H2,1H3/t11-,12?/m1/s1. The molecule has 80 valence electrons. The lowest BCUT2D eigenvalue weighted by molar-refractivity contribution is 0.177. The van der Waals surface area contributed by atoms with Gasteiger partial charge in [0.1, 0.15) is 0 Å². The Kier molecular flexibility index (Phi) is 2.17. The summed E-state index contributed by atoms with van der Waals surface area (Å²) < 4.78 is 5.49. The molecular weight excluding hydrogens is 186 g/mol. The Morgan fingerprint density at radius 1 is 1.07 bits per heavy atom. The molecule has 1 unspecified atom stereocenters. The maximum Gasteiger partial charge on any atom is 0.0515 e. The summed E-state index contributed by atoms with van der Waals surface area (Å²) >= 11 is 0. The molecule has 0 aromatic heterocycles. The van der Waals surface area contributed by atoms with Gasteiger partial charge in [0.05, 0.1) is 13.2 Å². The fourth-order valence-corrected chi connectivity index (χ4v) is 2.65. The van der Waals surface area contributed by atoms with Crippen LogP contribution in [0.4, 0.5) is 5.69 Å². The second kappa shape index (κ2) is 3.53. The van der Waals surface area contributed by atoms with Gasteiger partial charge in [-0.3, -0.25) is 0 Å². The molecule has 0 radical (unpaired) electrons. The molecule has 2 aliphatic heterocycles. The highest BCUT2D eigenvalue weighted by atomic mass is 16.5. The van der Waals surface area contributed by atoms with Gasteiger partial charge in [-0.05, 0) is 19.1 Å². The number of nitrogens with zero attached hydrogens (tertiary/aromatic N) is 1. The van der Waals surface area contributed by atoms with Crippen LogP contribution in [0.15, 0.2) is 24.3 Å². The van der Waals surface area contributed by atoms with Crippen molar-refractivity contribution in [2.24, 2.45) is 11.8 Å². The number of hydrogen-bond acceptors (Lipinski definition) is 2. The van der Waals surface area contributed by atoms with Crippen molar-refractivity contribution in [1.29, 1.82) is 0 Å². The van der Waals surface area contributed by atoms with Crippen LogP contribution >= 0.6 is 0 Å². The summed E-state index contributed by atoms with van der Waals surface area (Å²) in [4.78, 5) is 2.50. The average molecular weight is 203 g/mol. The van der Waals surface area contributed by atoms with Crippen molar-refractivity contribution in [3.05, 3.63) is 29.8 Å². The first-order valence-electron chi connectivity index (χ1n) is 5.72. The number of rotatable bonds is 1. The maximum atomic E-state index is 5.49. The molecule has 0 amide bonds. The third-order valence-corrected chi connectivity index (χ3v) is 3.64. The summed E-state index contributed by atoms with van der Waals surface area (Å²) in [5, 5.41) is 0. The van der Waals surface area contributed by atoms with Crippen molar-refractivity contribution in [3.63, 3.8) is 0 Å². The molecule has 2 heterocycles. The summed E-state index contributed by atoms with van der Waals surface area (Å²) in [5.41, 5.74) is 2.71. The highest BCUT2D eigenvalue weighted by molar-refractivity contribution is 5.48. The molecule has 2 nitrogen and oxygen atoms in total. The van der Waals surface area contributed by atoms with E-state index >= 15 is 0 Å². The molecule has 2 atom stereocenters. The van der Waals surface area contributed by atoms with E-state index in [4.69, 9.17) is 4.74 Å². The molecule has 0 bridgehead atoms. The third kappa shape index (κ3) is 1.63. The molecule has 3 rings (SSSR count). The zero-order valence-electron chi connectivity index (χ0n) is 9.15. The van der Waals surface area contributed by atoms with Crippen molar-refractivity contribution in [2.75, 3.05) is 31.2 Å². The van der Waals surface area contributed by atoms with Gasteiger partial charge in [0.15, 0.2) is 0 Å². The molecule has 2 fully saturated rings. The second-order valence-electron chi connectivity index (χ2n) is 4.80. The molecule has 2 saturated heterocycles. The Balaban J connectivity index is 1.76. The molecule has 0 N–H and O–H groups in total. The second-order valence-corrected chi connectivity index (χ2v) is 4.80. The van der Waals surface area contributed by atoms with Gasteiger partial charge in [-0.25, -0.2) is 0 Å². The molecule has 2 aliphatic rings. The molecule has 15 heavy (non-hydrogen) atoms. The quantitative estimate of drug-likeness (QED) is 0.693. The van der Waals surface area contributed by atoms with E-state index in [1.54, 1.807) is 0 Å². The Labute approximate surface area is 90.8 Å². The first-order chi connectivity index (χ1) is 7.33. The van der Waals surface area contributed by atoms with Crippen molar-refractivity contribution in [2.45, 2.75) is 6.92 Å². The van der Waals surface area contributed by atoms with Gasteiger partial charge in [0, 0.05) is 30.6 Å². The summed E-state index contributed by atoms with van der Waals surface area (Å²) in [5.74, 6) is 1.54. The SMILES string of the molecule is Cc1ccc(N2CC3COC[C@H]3C2)cc1. The number of ether oxygens (including phenoxy) is 1. The van der Waals surface area contributed by atoms with Crippen LogP contribution in [0.1, 0.15) is 5.56 Å². The molecule has 1 aromatic rings. The van der Waals surface area contributed by atoms with Crippen LogP contribution in [-0.4, -0.2) is 26.3 Å². The van der Waals surface area contributed by atoms with Crippen LogP contribution in [0.25, 0.3) is 0 Å². The normalized spacial score (nSPS) is 29.5. The Morgan fingerprint density at radius 3 is 2.27 bits per heavy atom.